The van der Waals surface area contributed by atoms with Crippen molar-refractivity contribution >= 4 is 5.69 Å². The maximum Gasteiger partial charge on any atom is 0.143 e. The molecule has 152 valence electrons. The molecule has 4 rings (SSSR count). The highest BCUT2D eigenvalue weighted by atomic mass is 16.3. The van der Waals surface area contributed by atoms with E-state index in [-0.39, 0.29) is 0 Å². The van der Waals surface area contributed by atoms with E-state index in [9.17, 15) is 5.11 Å². The molecular weight excluding hydrogens is 370 g/mol. The van der Waals surface area contributed by atoms with E-state index in [0.717, 1.165) is 39.6 Å². The van der Waals surface area contributed by atoms with Gasteiger partial charge in [0, 0.05) is 36.5 Å². The van der Waals surface area contributed by atoms with Gasteiger partial charge in [-0.1, -0.05) is 60.7 Å². The summed E-state index contributed by atoms with van der Waals surface area (Å²) in [6.45, 7) is 3.60. The highest BCUT2D eigenvalue weighted by molar-refractivity contribution is 5.82. The molecule has 0 aliphatic heterocycles. The molecule has 0 saturated carbocycles. The standard InChI is InChI=1S/C26H27N3O/c1-26(2,30)29-24(20-13-9-6-10-14-20)23(19-11-7-5-8-12-19)27-25(29)21-15-17-22(18-16-21)28(3)4/h5-18,30H,1-4H3. The summed E-state index contributed by atoms with van der Waals surface area (Å²) in [7, 11) is 4.04. The Kier molecular flexibility index (Phi) is 5.18. The SMILES string of the molecule is CN(C)c1ccc(-c2nc(-c3ccccc3)c(-c3ccccc3)n2C(C)(C)O)cc1. The normalized spacial score (nSPS) is 11.5. The lowest BCUT2D eigenvalue weighted by molar-refractivity contribution is 0.00498. The van der Waals surface area contributed by atoms with Crippen molar-refractivity contribution in [1.82, 2.24) is 9.55 Å². The van der Waals surface area contributed by atoms with E-state index in [1.807, 2.05) is 55.1 Å². The fraction of sp³-hybridized carbons (Fsp3) is 0.192. The highest BCUT2D eigenvalue weighted by Crippen LogP contribution is 2.39. The molecule has 0 saturated heterocycles. The summed E-state index contributed by atoms with van der Waals surface area (Å²) >= 11 is 0. The van der Waals surface area contributed by atoms with Crippen LogP contribution in [0.15, 0.2) is 84.9 Å². The predicted octanol–water partition coefficient (Wildman–Crippen LogP) is 5.64. The number of hydrogen-bond donors (Lipinski definition) is 1. The van der Waals surface area contributed by atoms with E-state index in [1.54, 1.807) is 13.8 Å². The second kappa shape index (κ2) is 7.81. The fourth-order valence-corrected chi connectivity index (χ4v) is 3.71. The molecule has 0 spiro atoms. The van der Waals surface area contributed by atoms with Crippen LogP contribution < -0.4 is 4.90 Å². The van der Waals surface area contributed by atoms with Gasteiger partial charge >= 0.3 is 0 Å². The molecule has 1 heterocycles. The number of rotatable bonds is 5. The zero-order valence-electron chi connectivity index (χ0n) is 17.9. The van der Waals surface area contributed by atoms with Gasteiger partial charge in [0.25, 0.3) is 0 Å². The van der Waals surface area contributed by atoms with Crippen LogP contribution >= 0.6 is 0 Å². The third-order valence-electron chi connectivity index (χ3n) is 5.16. The minimum absolute atomic E-state index is 0.741. The molecule has 0 unspecified atom stereocenters. The molecule has 4 nitrogen and oxygen atoms in total. The van der Waals surface area contributed by atoms with Crippen molar-refractivity contribution in [2.75, 3.05) is 19.0 Å². The van der Waals surface area contributed by atoms with Gasteiger partial charge in [-0.05, 0) is 38.1 Å². The van der Waals surface area contributed by atoms with Gasteiger partial charge in [-0.15, -0.1) is 0 Å². The third kappa shape index (κ3) is 3.74. The Morgan fingerprint density at radius 1 is 0.733 bits per heavy atom. The van der Waals surface area contributed by atoms with Crippen molar-refractivity contribution in [1.29, 1.82) is 0 Å². The number of benzene rings is 3. The Bertz CT molecular complexity index is 1120. The van der Waals surface area contributed by atoms with Gasteiger partial charge in [-0.25, -0.2) is 4.98 Å². The van der Waals surface area contributed by atoms with Gasteiger partial charge in [0.1, 0.15) is 11.5 Å². The largest absolute Gasteiger partial charge is 0.378 e. The van der Waals surface area contributed by atoms with Crippen molar-refractivity contribution in [2.45, 2.75) is 19.6 Å². The van der Waals surface area contributed by atoms with Crippen molar-refractivity contribution in [2.24, 2.45) is 0 Å². The average molecular weight is 398 g/mol. The Balaban J connectivity index is 2.02. The minimum atomic E-state index is -1.14. The van der Waals surface area contributed by atoms with E-state index in [1.165, 1.54) is 0 Å². The summed E-state index contributed by atoms with van der Waals surface area (Å²) < 4.78 is 1.94. The first-order valence-corrected chi connectivity index (χ1v) is 10.1. The monoisotopic (exact) mass is 397 g/mol. The molecular formula is C26H27N3O. The van der Waals surface area contributed by atoms with E-state index < -0.39 is 5.72 Å². The molecule has 0 bridgehead atoms. The number of aromatic nitrogens is 2. The molecule has 0 aliphatic rings. The van der Waals surface area contributed by atoms with Crippen LogP contribution in [-0.2, 0) is 5.72 Å². The van der Waals surface area contributed by atoms with Gasteiger partial charge in [0.2, 0.25) is 0 Å². The number of nitrogens with zero attached hydrogens (tertiary/aromatic N) is 3. The van der Waals surface area contributed by atoms with Crippen LogP contribution in [0.4, 0.5) is 5.69 Å². The van der Waals surface area contributed by atoms with Crippen molar-refractivity contribution in [3.63, 3.8) is 0 Å². The molecule has 4 heteroatoms. The number of hydrogen-bond acceptors (Lipinski definition) is 3. The number of anilines is 1. The first-order chi connectivity index (χ1) is 14.4. The lowest BCUT2D eigenvalue weighted by Crippen LogP contribution is -2.27. The van der Waals surface area contributed by atoms with Crippen LogP contribution in [0, 0.1) is 0 Å². The molecule has 1 N–H and O–H groups in total. The maximum atomic E-state index is 11.2. The number of imidazole rings is 1. The van der Waals surface area contributed by atoms with Crippen LogP contribution in [0.1, 0.15) is 13.8 Å². The Morgan fingerprint density at radius 2 is 1.27 bits per heavy atom. The minimum Gasteiger partial charge on any atom is -0.378 e. The van der Waals surface area contributed by atoms with E-state index in [2.05, 4.69) is 53.4 Å². The second-order valence-electron chi connectivity index (χ2n) is 8.14. The summed E-state index contributed by atoms with van der Waals surface area (Å²) in [5.41, 5.74) is 4.74. The molecule has 0 amide bonds. The molecule has 3 aromatic carbocycles. The summed E-state index contributed by atoms with van der Waals surface area (Å²) in [5, 5.41) is 11.2. The summed E-state index contributed by atoms with van der Waals surface area (Å²) in [6, 6.07) is 28.5. The summed E-state index contributed by atoms with van der Waals surface area (Å²) in [5.74, 6) is 0.741. The molecule has 0 aliphatic carbocycles. The molecule has 0 fully saturated rings. The molecule has 4 aromatic rings. The first-order valence-electron chi connectivity index (χ1n) is 10.1. The zero-order valence-corrected chi connectivity index (χ0v) is 17.9. The summed E-state index contributed by atoms with van der Waals surface area (Å²) in [4.78, 5) is 7.12. The lowest BCUT2D eigenvalue weighted by Gasteiger charge is -2.25. The first kappa shape index (κ1) is 19.9. The molecule has 30 heavy (non-hydrogen) atoms. The van der Waals surface area contributed by atoms with E-state index in [0.29, 0.717) is 0 Å². The fourth-order valence-electron chi connectivity index (χ4n) is 3.71. The van der Waals surface area contributed by atoms with Crippen LogP contribution in [0.25, 0.3) is 33.9 Å². The third-order valence-corrected chi connectivity index (χ3v) is 5.16. The molecule has 1 aromatic heterocycles. The van der Waals surface area contributed by atoms with Crippen LogP contribution in [-0.4, -0.2) is 28.8 Å². The van der Waals surface area contributed by atoms with Gasteiger partial charge in [0.15, 0.2) is 0 Å². The Labute approximate surface area is 178 Å². The van der Waals surface area contributed by atoms with E-state index >= 15 is 0 Å². The van der Waals surface area contributed by atoms with Crippen LogP contribution in [0.3, 0.4) is 0 Å². The Morgan fingerprint density at radius 3 is 1.77 bits per heavy atom. The van der Waals surface area contributed by atoms with Crippen LogP contribution in [0.5, 0.6) is 0 Å². The average Bonchev–Trinajstić information content (AvgIpc) is 3.16. The van der Waals surface area contributed by atoms with Crippen molar-refractivity contribution < 1.29 is 5.11 Å². The Hall–Kier alpha value is -3.37. The quantitative estimate of drug-likeness (QED) is 0.474. The number of aliphatic hydroxyl groups is 1. The van der Waals surface area contributed by atoms with Gasteiger partial charge < -0.3 is 10.0 Å². The predicted molar refractivity (Wildman–Crippen MR) is 124 cm³/mol. The lowest BCUT2D eigenvalue weighted by atomic mass is 10.0. The van der Waals surface area contributed by atoms with Crippen molar-refractivity contribution in [3.05, 3.63) is 84.9 Å². The maximum absolute atomic E-state index is 11.2. The van der Waals surface area contributed by atoms with Gasteiger partial charge in [-0.2, -0.15) is 0 Å². The smallest absolute Gasteiger partial charge is 0.143 e. The van der Waals surface area contributed by atoms with E-state index in [4.69, 9.17) is 4.98 Å². The zero-order chi connectivity index (χ0) is 21.3. The van der Waals surface area contributed by atoms with Crippen LogP contribution in [0.2, 0.25) is 0 Å². The van der Waals surface area contributed by atoms with Gasteiger partial charge in [0.05, 0.1) is 11.4 Å². The summed E-state index contributed by atoms with van der Waals surface area (Å²) in [6.07, 6.45) is 0. The van der Waals surface area contributed by atoms with Crippen molar-refractivity contribution in [3.8, 4) is 33.9 Å². The highest BCUT2D eigenvalue weighted by Gasteiger charge is 2.29. The molecule has 0 radical (unpaired) electrons. The molecule has 0 atom stereocenters. The topological polar surface area (TPSA) is 41.3 Å². The van der Waals surface area contributed by atoms with Gasteiger partial charge in [-0.3, -0.25) is 4.57 Å². The second-order valence-corrected chi connectivity index (χ2v) is 8.14.